The van der Waals surface area contributed by atoms with Gasteiger partial charge in [-0.25, -0.2) is 19.4 Å². The Morgan fingerprint density at radius 2 is 1.86 bits per heavy atom. The van der Waals surface area contributed by atoms with E-state index in [-0.39, 0.29) is 37.1 Å². The second-order valence-corrected chi connectivity index (χ2v) is 14.3. The van der Waals surface area contributed by atoms with Gasteiger partial charge >= 0.3 is 18.0 Å². The molecular weight excluding hydrogens is 664 g/mol. The number of methoxy groups -OCH3 is 1. The molecule has 13 nitrogen and oxygen atoms in total. The maximum atomic E-state index is 14.4. The minimum Gasteiger partial charge on any atom is -0.488 e. The number of carboxylic acid groups (broad SMARTS) is 1. The van der Waals surface area contributed by atoms with E-state index in [0.717, 1.165) is 49.8 Å². The van der Waals surface area contributed by atoms with Crippen LogP contribution < -0.4 is 15.4 Å². The summed E-state index contributed by atoms with van der Waals surface area (Å²) in [5, 5.41) is 16.4. The number of thioether (sulfide) groups is 1. The van der Waals surface area contributed by atoms with E-state index in [2.05, 4.69) is 15.6 Å². The lowest BCUT2D eigenvalue weighted by Gasteiger charge is -2.29. The minimum absolute atomic E-state index is 0.0181. The summed E-state index contributed by atoms with van der Waals surface area (Å²) in [5.74, 6) is -2.89. The van der Waals surface area contributed by atoms with Crippen molar-refractivity contribution in [1.82, 2.24) is 20.5 Å². The van der Waals surface area contributed by atoms with Crippen LogP contribution in [0.1, 0.15) is 81.1 Å². The van der Waals surface area contributed by atoms with E-state index in [9.17, 15) is 29.1 Å². The summed E-state index contributed by atoms with van der Waals surface area (Å²) >= 11 is 1.46. The Balaban J connectivity index is 1.32. The molecule has 268 valence electrons. The third kappa shape index (κ3) is 7.54. The number of fused-ring (bicyclic) bond motifs is 3. The van der Waals surface area contributed by atoms with Gasteiger partial charge in [0.15, 0.2) is 5.69 Å². The number of alkyl carbamates (subject to hydrolysis) is 1. The van der Waals surface area contributed by atoms with Crippen LogP contribution in [0.5, 0.6) is 5.75 Å². The highest BCUT2D eigenvalue weighted by Crippen LogP contribution is 2.45. The SMILES string of the molecule is COC(=O)c1cc(O[C@@H]2CC3C(=O)N[C@]4(C(=O)O)CC4/C=C\CCCCC[C@H](NC(=O)OC4CCCC4)C(=O)N3C2)c2cccc(SC)c2n1. The van der Waals surface area contributed by atoms with Gasteiger partial charge in [-0.2, -0.15) is 0 Å². The highest BCUT2D eigenvalue weighted by molar-refractivity contribution is 7.98. The van der Waals surface area contributed by atoms with Crippen molar-refractivity contribution in [3.63, 3.8) is 0 Å². The molecular formula is C36H44N4O9S. The molecule has 1 aromatic carbocycles. The van der Waals surface area contributed by atoms with E-state index < -0.39 is 53.6 Å². The van der Waals surface area contributed by atoms with Gasteiger partial charge in [-0.3, -0.25) is 9.59 Å². The number of aromatic nitrogens is 1. The number of nitrogens with zero attached hydrogens (tertiary/aromatic N) is 2. The topological polar surface area (TPSA) is 173 Å². The number of nitrogens with one attached hydrogen (secondary N) is 2. The number of pyridine rings is 1. The number of allylic oxidation sites excluding steroid dienone is 1. The van der Waals surface area contributed by atoms with Gasteiger partial charge in [0.2, 0.25) is 11.8 Å². The van der Waals surface area contributed by atoms with Crippen molar-refractivity contribution in [1.29, 1.82) is 0 Å². The number of hydrogen-bond acceptors (Lipinski definition) is 10. The molecule has 2 saturated carbocycles. The summed E-state index contributed by atoms with van der Waals surface area (Å²) < 4.78 is 17.1. The van der Waals surface area contributed by atoms with Crippen molar-refractivity contribution >= 4 is 52.5 Å². The molecule has 3 N–H and O–H groups in total. The molecule has 14 heteroatoms. The molecule has 2 unspecified atom stereocenters. The fraction of sp³-hybridized carbons (Fsp3) is 0.556. The van der Waals surface area contributed by atoms with E-state index >= 15 is 0 Å². The smallest absolute Gasteiger partial charge is 0.408 e. The Morgan fingerprint density at radius 3 is 2.60 bits per heavy atom. The molecule has 0 spiro atoms. The van der Waals surface area contributed by atoms with Crippen LogP contribution in [0, 0.1) is 5.92 Å². The van der Waals surface area contributed by atoms with Gasteiger partial charge in [-0.1, -0.05) is 31.1 Å². The molecule has 50 heavy (non-hydrogen) atoms. The second kappa shape index (κ2) is 15.3. The number of esters is 1. The minimum atomic E-state index is -1.46. The number of ether oxygens (including phenoxy) is 3. The predicted octanol–water partition coefficient (Wildman–Crippen LogP) is 4.61. The summed E-state index contributed by atoms with van der Waals surface area (Å²) in [7, 11) is 1.26. The molecule has 4 aliphatic rings. The van der Waals surface area contributed by atoms with Crippen LogP contribution in [-0.2, 0) is 23.9 Å². The molecule has 5 atom stereocenters. The number of carboxylic acids is 1. The van der Waals surface area contributed by atoms with E-state index in [0.29, 0.717) is 29.5 Å². The van der Waals surface area contributed by atoms with Gasteiger partial charge in [-0.05, 0) is 69.8 Å². The molecule has 1 saturated heterocycles. The van der Waals surface area contributed by atoms with E-state index in [1.807, 2.05) is 36.6 Å². The fourth-order valence-corrected chi connectivity index (χ4v) is 7.89. The first-order valence-electron chi connectivity index (χ1n) is 17.4. The number of amides is 3. The highest BCUT2D eigenvalue weighted by Gasteiger charge is 2.61. The van der Waals surface area contributed by atoms with Crippen molar-refractivity contribution in [2.45, 2.75) is 105 Å². The number of hydrogen-bond donors (Lipinski definition) is 3. The van der Waals surface area contributed by atoms with Crippen LogP contribution in [-0.4, -0.2) is 94.6 Å². The Hall–Kier alpha value is -4.33. The van der Waals surface area contributed by atoms with Crippen LogP contribution in [0.2, 0.25) is 0 Å². The van der Waals surface area contributed by atoms with Gasteiger partial charge in [0.25, 0.3) is 0 Å². The molecule has 6 rings (SSSR count). The monoisotopic (exact) mass is 708 g/mol. The number of aliphatic carboxylic acids is 1. The van der Waals surface area contributed by atoms with Gasteiger partial charge in [-0.15, -0.1) is 11.8 Å². The summed E-state index contributed by atoms with van der Waals surface area (Å²) in [6, 6.07) is 4.99. The zero-order valence-electron chi connectivity index (χ0n) is 28.4. The molecule has 2 aliphatic carbocycles. The molecule has 2 aromatic rings. The summed E-state index contributed by atoms with van der Waals surface area (Å²) in [4.78, 5) is 73.2. The van der Waals surface area contributed by atoms with Crippen molar-refractivity contribution in [2.24, 2.45) is 5.92 Å². The van der Waals surface area contributed by atoms with Gasteiger partial charge in [0.05, 0.1) is 19.2 Å². The number of rotatable bonds is 7. The van der Waals surface area contributed by atoms with Crippen molar-refractivity contribution in [3.8, 4) is 5.75 Å². The summed E-state index contributed by atoms with van der Waals surface area (Å²) in [5.41, 5.74) is -0.880. The lowest BCUT2D eigenvalue weighted by atomic mass is 10.0. The van der Waals surface area contributed by atoms with Crippen LogP contribution in [0.3, 0.4) is 0 Å². The average Bonchev–Trinajstić information content (AvgIpc) is 3.37. The maximum Gasteiger partial charge on any atom is 0.408 e. The number of para-hydroxylation sites is 1. The van der Waals surface area contributed by atoms with E-state index in [4.69, 9.17) is 14.2 Å². The van der Waals surface area contributed by atoms with E-state index in [1.54, 1.807) is 0 Å². The fourth-order valence-electron chi connectivity index (χ4n) is 7.32. The molecule has 0 bridgehead atoms. The van der Waals surface area contributed by atoms with Gasteiger partial charge < -0.3 is 34.9 Å². The lowest BCUT2D eigenvalue weighted by molar-refractivity contribution is -0.145. The van der Waals surface area contributed by atoms with Crippen molar-refractivity contribution in [3.05, 3.63) is 42.1 Å². The Labute approximate surface area is 294 Å². The Morgan fingerprint density at radius 1 is 1.08 bits per heavy atom. The molecule has 0 radical (unpaired) electrons. The van der Waals surface area contributed by atoms with Gasteiger partial charge in [0, 0.05) is 28.7 Å². The quantitative estimate of drug-likeness (QED) is 0.208. The van der Waals surface area contributed by atoms with Gasteiger partial charge in [0.1, 0.15) is 35.6 Å². The first-order chi connectivity index (χ1) is 24.1. The third-order valence-electron chi connectivity index (χ3n) is 10.2. The first-order valence-corrected chi connectivity index (χ1v) is 18.6. The largest absolute Gasteiger partial charge is 0.488 e. The van der Waals surface area contributed by atoms with Crippen LogP contribution >= 0.6 is 11.8 Å². The summed E-state index contributed by atoms with van der Waals surface area (Å²) in [6.07, 6.45) is 11.3. The van der Waals surface area contributed by atoms with Crippen LogP contribution in [0.4, 0.5) is 4.79 Å². The second-order valence-electron chi connectivity index (χ2n) is 13.5. The average molecular weight is 709 g/mol. The van der Waals surface area contributed by atoms with Crippen LogP contribution in [0.25, 0.3) is 10.9 Å². The molecule has 3 heterocycles. The van der Waals surface area contributed by atoms with Crippen molar-refractivity contribution < 1.29 is 43.3 Å². The predicted molar refractivity (Wildman–Crippen MR) is 184 cm³/mol. The molecule has 2 aliphatic heterocycles. The summed E-state index contributed by atoms with van der Waals surface area (Å²) in [6.45, 7) is -0.0181. The highest BCUT2D eigenvalue weighted by atomic mass is 32.2. The first kappa shape index (κ1) is 35.5. The molecule has 1 aromatic heterocycles. The zero-order valence-corrected chi connectivity index (χ0v) is 29.2. The number of carbonyl (C=O) groups excluding carboxylic acids is 4. The Kier molecular flexibility index (Phi) is 10.8. The zero-order chi connectivity index (χ0) is 35.4. The number of benzene rings is 1. The Bertz CT molecular complexity index is 1680. The number of carbonyl (C=O) groups is 5. The maximum absolute atomic E-state index is 14.4. The molecule has 3 fully saturated rings. The standard InChI is InChI=1S/C36H44N4O9S/c1-47-33(43)26-18-28(24-14-10-16-29(50-2)30(24)37-26)48-23-17-27-31(41)39-36(34(44)45)19-21(36)11-6-4-3-5-7-15-25(32(42)40(27)20-23)38-35(46)49-22-12-8-9-13-22/h6,10-11,14,16,18,21-23,25,27H,3-5,7-9,12-13,15,17,19-20H2,1-2H3,(H,38,46)(H,39,41)(H,44,45)/b11-6-/t21?,23-,25+,27?,36-/m1/s1. The normalized spacial score (nSPS) is 28.0. The van der Waals surface area contributed by atoms with E-state index in [1.165, 1.54) is 29.8 Å². The van der Waals surface area contributed by atoms with Crippen LogP contribution in [0.15, 0.2) is 41.3 Å². The third-order valence-corrected chi connectivity index (χ3v) is 10.9. The molecule has 3 amide bonds. The van der Waals surface area contributed by atoms with Crippen molar-refractivity contribution in [2.75, 3.05) is 19.9 Å². The lowest BCUT2D eigenvalue weighted by Crippen LogP contribution is -2.56.